The quantitative estimate of drug-likeness (QED) is 0.672. The first-order valence-corrected chi connectivity index (χ1v) is 6.46. The number of hydrogen-bond acceptors (Lipinski definition) is 3. The maximum Gasteiger partial charge on any atom is 0.254 e. The van der Waals surface area contributed by atoms with E-state index in [1.54, 1.807) is 0 Å². The van der Waals surface area contributed by atoms with Crippen molar-refractivity contribution in [2.45, 2.75) is 13.3 Å². The largest absolute Gasteiger partial charge is 0.351 e. The van der Waals surface area contributed by atoms with Gasteiger partial charge in [0.25, 0.3) is 5.91 Å². The van der Waals surface area contributed by atoms with Gasteiger partial charge < -0.3 is 10.3 Å². The standard InChI is InChI=1S/C14H15N5O/c1-9-10(8-16-19-9)14(20)15-7-6-13-17-11-4-2-3-5-12(11)18-13/h2-5,8H,6-7H2,1H3,(H,15,20)(H,16,19)(H,17,18). The average molecular weight is 269 g/mol. The van der Waals surface area contributed by atoms with Gasteiger partial charge in [-0.05, 0) is 19.1 Å². The fraction of sp³-hybridized carbons (Fsp3) is 0.214. The molecule has 0 spiro atoms. The van der Waals surface area contributed by atoms with Gasteiger partial charge >= 0.3 is 0 Å². The van der Waals surface area contributed by atoms with Crippen LogP contribution >= 0.6 is 0 Å². The molecule has 0 aliphatic rings. The molecule has 0 aliphatic carbocycles. The second-order valence-electron chi connectivity index (χ2n) is 4.62. The number of aromatic nitrogens is 4. The molecule has 0 aliphatic heterocycles. The zero-order valence-electron chi connectivity index (χ0n) is 11.1. The van der Waals surface area contributed by atoms with Crippen LogP contribution in [-0.2, 0) is 6.42 Å². The topological polar surface area (TPSA) is 86.5 Å². The maximum absolute atomic E-state index is 11.9. The van der Waals surface area contributed by atoms with Crippen molar-refractivity contribution in [2.24, 2.45) is 0 Å². The Hall–Kier alpha value is -2.63. The van der Waals surface area contributed by atoms with Crippen molar-refractivity contribution >= 4 is 16.9 Å². The summed E-state index contributed by atoms with van der Waals surface area (Å²) in [5, 5.41) is 9.44. The normalized spacial score (nSPS) is 10.8. The van der Waals surface area contributed by atoms with Crippen LogP contribution < -0.4 is 5.32 Å². The molecule has 3 aromatic rings. The molecule has 20 heavy (non-hydrogen) atoms. The highest BCUT2D eigenvalue weighted by Gasteiger charge is 2.10. The van der Waals surface area contributed by atoms with Crippen molar-refractivity contribution < 1.29 is 4.79 Å². The number of benzene rings is 1. The summed E-state index contributed by atoms with van der Waals surface area (Å²) in [6.07, 6.45) is 2.20. The van der Waals surface area contributed by atoms with E-state index in [0.29, 0.717) is 18.5 Å². The lowest BCUT2D eigenvalue weighted by Crippen LogP contribution is -2.26. The number of amides is 1. The Morgan fingerprint density at radius 1 is 1.35 bits per heavy atom. The molecule has 1 amide bonds. The highest BCUT2D eigenvalue weighted by Crippen LogP contribution is 2.10. The van der Waals surface area contributed by atoms with Gasteiger partial charge in [-0.15, -0.1) is 0 Å². The van der Waals surface area contributed by atoms with Gasteiger partial charge in [-0.1, -0.05) is 12.1 Å². The van der Waals surface area contributed by atoms with E-state index in [9.17, 15) is 4.79 Å². The van der Waals surface area contributed by atoms with E-state index in [1.165, 1.54) is 6.20 Å². The number of fused-ring (bicyclic) bond motifs is 1. The van der Waals surface area contributed by atoms with Gasteiger partial charge in [0.05, 0.1) is 22.8 Å². The van der Waals surface area contributed by atoms with Crippen LogP contribution in [0.5, 0.6) is 0 Å². The number of carbonyl (C=O) groups excluding carboxylic acids is 1. The number of imidazole rings is 1. The van der Waals surface area contributed by atoms with E-state index in [0.717, 1.165) is 22.6 Å². The third kappa shape index (κ3) is 2.40. The first-order chi connectivity index (χ1) is 9.74. The number of aromatic amines is 2. The molecule has 6 heteroatoms. The molecule has 2 heterocycles. The summed E-state index contributed by atoms with van der Waals surface area (Å²) < 4.78 is 0. The summed E-state index contributed by atoms with van der Waals surface area (Å²) in [4.78, 5) is 19.6. The molecule has 0 unspecified atom stereocenters. The molecular formula is C14H15N5O. The van der Waals surface area contributed by atoms with Crippen molar-refractivity contribution in [1.82, 2.24) is 25.5 Å². The number of para-hydroxylation sites is 2. The summed E-state index contributed by atoms with van der Waals surface area (Å²) in [6, 6.07) is 7.87. The van der Waals surface area contributed by atoms with E-state index in [2.05, 4.69) is 25.5 Å². The minimum Gasteiger partial charge on any atom is -0.351 e. The molecule has 0 saturated carbocycles. The van der Waals surface area contributed by atoms with Crippen LogP contribution in [0.15, 0.2) is 30.5 Å². The van der Waals surface area contributed by atoms with Gasteiger partial charge in [0.15, 0.2) is 0 Å². The fourth-order valence-electron chi connectivity index (χ4n) is 2.09. The molecule has 0 bridgehead atoms. The first-order valence-electron chi connectivity index (χ1n) is 6.46. The number of aryl methyl sites for hydroxylation is 1. The fourth-order valence-corrected chi connectivity index (χ4v) is 2.09. The number of rotatable bonds is 4. The van der Waals surface area contributed by atoms with E-state index < -0.39 is 0 Å². The molecule has 0 fully saturated rings. The third-order valence-corrected chi connectivity index (χ3v) is 3.16. The van der Waals surface area contributed by atoms with Crippen LogP contribution in [-0.4, -0.2) is 32.6 Å². The van der Waals surface area contributed by atoms with E-state index >= 15 is 0 Å². The molecule has 0 atom stereocenters. The number of hydrogen-bond donors (Lipinski definition) is 3. The Balaban J connectivity index is 1.60. The second-order valence-corrected chi connectivity index (χ2v) is 4.62. The van der Waals surface area contributed by atoms with Crippen molar-refractivity contribution in [3.8, 4) is 0 Å². The molecule has 102 valence electrons. The van der Waals surface area contributed by atoms with Crippen molar-refractivity contribution in [3.63, 3.8) is 0 Å². The SMILES string of the molecule is Cc1[nH]ncc1C(=O)NCCc1nc2ccccc2[nH]1. The zero-order valence-corrected chi connectivity index (χ0v) is 11.1. The van der Waals surface area contributed by atoms with Crippen molar-refractivity contribution in [2.75, 3.05) is 6.54 Å². The Kier molecular flexibility index (Phi) is 3.20. The Morgan fingerprint density at radius 3 is 2.95 bits per heavy atom. The van der Waals surface area contributed by atoms with Crippen molar-refractivity contribution in [3.05, 3.63) is 47.5 Å². The van der Waals surface area contributed by atoms with Gasteiger partial charge in [0, 0.05) is 18.7 Å². The number of carbonyl (C=O) groups is 1. The molecule has 3 N–H and O–H groups in total. The Bertz CT molecular complexity index is 710. The van der Waals surface area contributed by atoms with E-state index in [4.69, 9.17) is 0 Å². The molecule has 0 saturated heterocycles. The molecule has 3 rings (SSSR count). The van der Waals surface area contributed by atoms with E-state index in [-0.39, 0.29) is 5.91 Å². The van der Waals surface area contributed by atoms with E-state index in [1.807, 2.05) is 31.2 Å². The highest BCUT2D eigenvalue weighted by atomic mass is 16.1. The molecule has 0 radical (unpaired) electrons. The number of nitrogens with one attached hydrogen (secondary N) is 3. The van der Waals surface area contributed by atoms with Crippen LogP contribution in [0.4, 0.5) is 0 Å². The smallest absolute Gasteiger partial charge is 0.254 e. The lowest BCUT2D eigenvalue weighted by molar-refractivity contribution is 0.0953. The Morgan fingerprint density at radius 2 is 2.20 bits per heavy atom. The van der Waals surface area contributed by atoms with Gasteiger partial charge in [-0.25, -0.2) is 4.98 Å². The monoisotopic (exact) mass is 269 g/mol. The summed E-state index contributed by atoms with van der Waals surface area (Å²) in [6.45, 7) is 2.35. The Labute approximate surface area is 115 Å². The van der Waals surface area contributed by atoms with Crippen LogP contribution in [0.1, 0.15) is 21.9 Å². The average Bonchev–Trinajstić information content (AvgIpc) is 3.04. The minimum absolute atomic E-state index is 0.118. The maximum atomic E-state index is 11.9. The predicted octanol–water partition coefficient (Wildman–Crippen LogP) is 1.57. The molecule has 6 nitrogen and oxygen atoms in total. The number of H-pyrrole nitrogens is 2. The van der Waals surface area contributed by atoms with Crippen LogP contribution in [0, 0.1) is 6.92 Å². The number of nitrogens with zero attached hydrogens (tertiary/aromatic N) is 2. The lowest BCUT2D eigenvalue weighted by Gasteiger charge is -2.02. The summed E-state index contributed by atoms with van der Waals surface area (Å²) in [5.74, 6) is 0.753. The summed E-state index contributed by atoms with van der Waals surface area (Å²) in [7, 11) is 0. The molecule has 2 aromatic heterocycles. The van der Waals surface area contributed by atoms with Crippen LogP contribution in [0.2, 0.25) is 0 Å². The summed E-state index contributed by atoms with van der Waals surface area (Å²) in [5.41, 5.74) is 3.31. The third-order valence-electron chi connectivity index (χ3n) is 3.16. The molecular weight excluding hydrogens is 254 g/mol. The van der Waals surface area contributed by atoms with Gasteiger partial charge in [-0.3, -0.25) is 9.89 Å². The highest BCUT2D eigenvalue weighted by molar-refractivity contribution is 5.94. The van der Waals surface area contributed by atoms with Gasteiger partial charge in [0.1, 0.15) is 5.82 Å². The molecule has 1 aromatic carbocycles. The van der Waals surface area contributed by atoms with Crippen LogP contribution in [0.3, 0.4) is 0 Å². The zero-order chi connectivity index (χ0) is 13.9. The minimum atomic E-state index is -0.118. The van der Waals surface area contributed by atoms with Crippen molar-refractivity contribution in [1.29, 1.82) is 0 Å². The summed E-state index contributed by atoms with van der Waals surface area (Å²) >= 11 is 0. The first kappa shape index (κ1) is 12.4. The second kappa shape index (κ2) is 5.16. The van der Waals surface area contributed by atoms with Crippen LogP contribution in [0.25, 0.3) is 11.0 Å². The van der Waals surface area contributed by atoms with Gasteiger partial charge in [-0.2, -0.15) is 5.10 Å². The lowest BCUT2D eigenvalue weighted by atomic mass is 10.2. The predicted molar refractivity (Wildman–Crippen MR) is 75.5 cm³/mol. The van der Waals surface area contributed by atoms with Gasteiger partial charge in [0.2, 0.25) is 0 Å².